The zero-order valence-electron chi connectivity index (χ0n) is 11.3. The van der Waals surface area contributed by atoms with Crippen molar-refractivity contribution in [2.45, 2.75) is 13.3 Å². The number of aromatic nitrogens is 2. The number of carbonyl (C=O) groups is 2. The van der Waals surface area contributed by atoms with Crippen molar-refractivity contribution in [2.75, 3.05) is 0 Å². The van der Waals surface area contributed by atoms with Crippen LogP contribution in [0.3, 0.4) is 0 Å². The van der Waals surface area contributed by atoms with E-state index < -0.39 is 17.5 Å². The second kappa shape index (κ2) is 6.04. The molecule has 0 radical (unpaired) electrons. The van der Waals surface area contributed by atoms with Crippen LogP contribution < -0.4 is 0 Å². The van der Waals surface area contributed by atoms with E-state index in [0.29, 0.717) is 18.1 Å². The van der Waals surface area contributed by atoms with Crippen molar-refractivity contribution in [3.63, 3.8) is 0 Å². The molecule has 1 heterocycles. The number of carboxylic acids is 1. The largest absolute Gasteiger partial charge is 0.502 e. The summed E-state index contributed by atoms with van der Waals surface area (Å²) >= 11 is 0. The topological polar surface area (TPSA) is 103 Å². The van der Waals surface area contributed by atoms with Gasteiger partial charge in [-0.2, -0.15) is 5.10 Å². The zero-order valence-corrected chi connectivity index (χ0v) is 11.3. The Kier molecular flexibility index (Phi) is 4.18. The van der Waals surface area contributed by atoms with Gasteiger partial charge in [-0.1, -0.05) is 29.8 Å². The third-order valence-corrected chi connectivity index (χ3v) is 2.97. The molecule has 1 aromatic heterocycles. The molecule has 0 saturated carbocycles. The molecule has 0 fully saturated rings. The van der Waals surface area contributed by atoms with Gasteiger partial charge < -0.3 is 10.2 Å². The molecule has 0 spiro atoms. The second-order valence-corrected chi connectivity index (χ2v) is 4.63. The molecule has 6 nitrogen and oxygen atoms in total. The van der Waals surface area contributed by atoms with Gasteiger partial charge in [-0.25, -0.2) is 4.79 Å². The van der Waals surface area contributed by atoms with Crippen LogP contribution in [0.4, 0.5) is 0 Å². The summed E-state index contributed by atoms with van der Waals surface area (Å²) in [7, 11) is 0. The second-order valence-electron chi connectivity index (χ2n) is 4.63. The van der Waals surface area contributed by atoms with Gasteiger partial charge in [-0.15, -0.1) is 0 Å². The summed E-state index contributed by atoms with van der Waals surface area (Å²) in [6, 6.07) is 7.82. The molecule has 0 amide bonds. The number of aliphatic hydroxyl groups excluding tert-OH is 1. The highest BCUT2D eigenvalue weighted by molar-refractivity contribution is 6.07. The third kappa shape index (κ3) is 3.56. The lowest BCUT2D eigenvalue weighted by molar-refractivity contribution is -0.135. The number of hydrogen-bond donors (Lipinski definition) is 3. The minimum Gasteiger partial charge on any atom is -0.502 e. The van der Waals surface area contributed by atoms with E-state index in [1.54, 1.807) is 0 Å². The predicted octanol–water partition coefficient (Wildman–Crippen LogP) is 2.02. The number of nitrogens with zero attached hydrogens (tertiary/aromatic N) is 1. The molecule has 3 N–H and O–H groups in total. The summed E-state index contributed by atoms with van der Waals surface area (Å²) in [6.07, 6.45) is 2.66. The number of aliphatic hydroxyl groups is 1. The van der Waals surface area contributed by atoms with Gasteiger partial charge in [0.15, 0.2) is 0 Å². The number of aliphatic carboxylic acids is 1. The minimum absolute atomic E-state index is 0.170. The Morgan fingerprint density at radius 2 is 1.90 bits per heavy atom. The van der Waals surface area contributed by atoms with Crippen molar-refractivity contribution < 1.29 is 19.8 Å². The Labute approximate surface area is 120 Å². The lowest BCUT2D eigenvalue weighted by atomic mass is 10.0. The van der Waals surface area contributed by atoms with Crippen LogP contribution in [0.1, 0.15) is 27.2 Å². The smallest absolute Gasteiger partial charge is 0.371 e. The first kappa shape index (κ1) is 14.5. The number of allylic oxidation sites excluding steroid dienone is 1. The number of hydrogen-bond acceptors (Lipinski definition) is 4. The minimum atomic E-state index is -1.55. The summed E-state index contributed by atoms with van der Waals surface area (Å²) in [5, 5.41) is 24.0. The molecule has 6 heteroatoms. The lowest BCUT2D eigenvalue weighted by Crippen LogP contribution is -2.06. The van der Waals surface area contributed by atoms with Crippen molar-refractivity contribution in [1.82, 2.24) is 10.2 Å². The Balaban J connectivity index is 2.22. The van der Waals surface area contributed by atoms with E-state index in [-0.39, 0.29) is 5.69 Å². The van der Waals surface area contributed by atoms with Crippen LogP contribution in [0, 0.1) is 6.92 Å². The van der Waals surface area contributed by atoms with Gasteiger partial charge in [0, 0.05) is 18.1 Å². The Morgan fingerprint density at radius 1 is 1.24 bits per heavy atom. The first-order valence-corrected chi connectivity index (χ1v) is 6.23. The highest BCUT2D eigenvalue weighted by Crippen LogP contribution is 2.14. The molecular formula is C15H14N2O4. The molecule has 2 rings (SSSR count). The van der Waals surface area contributed by atoms with Crippen LogP contribution in [0.15, 0.2) is 42.3 Å². The Hall–Kier alpha value is -2.89. The number of nitrogens with one attached hydrogen (secondary N) is 1. The van der Waals surface area contributed by atoms with Crippen LogP contribution in [0.2, 0.25) is 0 Å². The number of carboxylic acid groups (broad SMARTS) is 1. The maximum atomic E-state index is 11.9. The van der Waals surface area contributed by atoms with E-state index >= 15 is 0 Å². The summed E-state index contributed by atoms with van der Waals surface area (Å²) in [6.45, 7) is 1.98. The normalized spacial score (nSPS) is 11.4. The van der Waals surface area contributed by atoms with Gasteiger partial charge in [0.1, 0.15) is 5.69 Å². The van der Waals surface area contributed by atoms with Crippen LogP contribution in [-0.4, -0.2) is 32.2 Å². The molecule has 0 saturated heterocycles. The molecule has 0 aliphatic heterocycles. The quantitative estimate of drug-likeness (QED) is 0.443. The fraction of sp³-hybridized carbons (Fsp3) is 0.133. The molecule has 0 bridgehead atoms. The van der Waals surface area contributed by atoms with Gasteiger partial charge in [0.2, 0.25) is 11.5 Å². The highest BCUT2D eigenvalue weighted by atomic mass is 16.4. The predicted molar refractivity (Wildman–Crippen MR) is 75.3 cm³/mol. The van der Waals surface area contributed by atoms with E-state index in [9.17, 15) is 9.59 Å². The van der Waals surface area contributed by atoms with Gasteiger partial charge in [0.05, 0.1) is 6.20 Å². The van der Waals surface area contributed by atoms with Crippen molar-refractivity contribution in [1.29, 1.82) is 0 Å². The standard InChI is InChI=1S/C15H14N2O4/c1-9-2-4-10(5-3-9)6-11-8-16-17-14(11)12(18)7-13(19)15(20)21/h2-5,7-8,19H,6H2,1H3,(H,16,17)(H,20,21). The van der Waals surface area contributed by atoms with Gasteiger partial charge in [-0.05, 0) is 12.5 Å². The summed E-state index contributed by atoms with van der Waals surface area (Å²) in [5.74, 6) is -3.19. The molecular weight excluding hydrogens is 272 g/mol. The lowest BCUT2D eigenvalue weighted by Gasteiger charge is -2.02. The van der Waals surface area contributed by atoms with Crippen molar-refractivity contribution >= 4 is 11.8 Å². The van der Waals surface area contributed by atoms with Crippen molar-refractivity contribution in [3.05, 3.63) is 64.7 Å². The van der Waals surface area contributed by atoms with Crippen molar-refractivity contribution in [3.8, 4) is 0 Å². The van der Waals surface area contributed by atoms with E-state index in [1.807, 2.05) is 31.2 Å². The molecule has 108 valence electrons. The molecule has 0 atom stereocenters. The summed E-state index contributed by atoms with van der Waals surface area (Å²) in [4.78, 5) is 22.4. The van der Waals surface area contributed by atoms with Gasteiger partial charge in [0.25, 0.3) is 0 Å². The Morgan fingerprint density at radius 3 is 2.52 bits per heavy atom. The summed E-state index contributed by atoms with van der Waals surface area (Å²) < 4.78 is 0. The van der Waals surface area contributed by atoms with E-state index in [1.165, 1.54) is 6.20 Å². The van der Waals surface area contributed by atoms with Crippen LogP contribution in [0.5, 0.6) is 0 Å². The molecule has 2 aromatic rings. The fourth-order valence-corrected chi connectivity index (χ4v) is 1.84. The SMILES string of the molecule is Cc1ccc(Cc2cn[nH]c2C(=O)C=C(O)C(=O)O)cc1. The van der Waals surface area contributed by atoms with E-state index in [0.717, 1.165) is 11.1 Å². The molecule has 0 aliphatic carbocycles. The van der Waals surface area contributed by atoms with E-state index in [4.69, 9.17) is 10.2 Å². The number of benzene rings is 1. The van der Waals surface area contributed by atoms with Crippen LogP contribution in [0.25, 0.3) is 0 Å². The number of carbonyl (C=O) groups excluding carboxylic acids is 1. The Bertz CT molecular complexity index is 699. The summed E-state index contributed by atoms with van der Waals surface area (Å²) in [5.41, 5.74) is 2.95. The highest BCUT2D eigenvalue weighted by Gasteiger charge is 2.15. The van der Waals surface area contributed by atoms with Crippen molar-refractivity contribution in [2.24, 2.45) is 0 Å². The van der Waals surface area contributed by atoms with Gasteiger partial charge >= 0.3 is 5.97 Å². The first-order valence-electron chi connectivity index (χ1n) is 6.23. The molecule has 1 aromatic carbocycles. The maximum Gasteiger partial charge on any atom is 0.371 e. The maximum absolute atomic E-state index is 11.9. The van der Waals surface area contributed by atoms with Crippen LogP contribution >= 0.6 is 0 Å². The number of aryl methyl sites for hydroxylation is 1. The number of H-pyrrole nitrogens is 1. The fourth-order valence-electron chi connectivity index (χ4n) is 1.84. The van der Waals surface area contributed by atoms with E-state index in [2.05, 4.69) is 10.2 Å². The molecule has 0 aliphatic rings. The monoisotopic (exact) mass is 286 g/mol. The van der Waals surface area contributed by atoms with Crippen LogP contribution in [-0.2, 0) is 11.2 Å². The number of ketones is 1. The average Bonchev–Trinajstić information content (AvgIpc) is 2.89. The number of aromatic amines is 1. The molecule has 21 heavy (non-hydrogen) atoms. The van der Waals surface area contributed by atoms with Gasteiger partial charge in [-0.3, -0.25) is 9.89 Å². The third-order valence-electron chi connectivity index (χ3n) is 2.97. The molecule has 0 unspecified atom stereocenters. The average molecular weight is 286 g/mol. The number of rotatable bonds is 5. The first-order chi connectivity index (χ1) is 9.97. The zero-order chi connectivity index (χ0) is 15.4.